The van der Waals surface area contributed by atoms with Crippen molar-refractivity contribution in [1.82, 2.24) is 20.2 Å². The van der Waals surface area contributed by atoms with Crippen molar-refractivity contribution in [2.75, 3.05) is 40.0 Å². The van der Waals surface area contributed by atoms with Crippen LogP contribution in [0, 0.1) is 0 Å². The molecule has 2 aromatic rings. The van der Waals surface area contributed by atoms with Crippen LogP contribution < -0.4 is 5.32 Å². The van der Waals surface area contributed by atoms with Crippen LogP contribution >= 0.6 is 24.0 Å². The third-order valence-corrected chi connectivity index (χ3v) is 5.01. The molecule has 2 heterocycles. The first-order valence-corrected chi connectivity index (χ1v) is 10.5. The summed E-state index contributed by atoms with van der Waals surface area (Å²) in [7, 11) is 1.73. The quantitative estimate of drug-likeness (QED) is 0.225. The van der Waals surface area contributed by atoms with Gasteiger partial charge in [-0.25, -0.2) is 9.98 Å². The molecule has 8 heteroatoms. The maximum atomic E-state index is 5.97. The summed E-state index contributed by atoms with van der Waals surface area (Å²) >= 11 is 0. The van der Waals surface area contributed by atoms with Crippen molar-refractivity contribution >= 4 is 29.9 Å². The normalized spacial score (nSPS) is 15.1. The molecule has 166 valence electrons. The predicted molar refractivity (Wildman–Crippen MR) is 131 cm³/mol. The number of hydrogen-bond donors (Lipinski definition) is 2. The number of benzene rings is 1. The molecule has 0 spiro atoms. The number of H-pyrrole nitrogens is 1. The van der Waals surface area contributed by atoms with Gasteiger partial charge in [-0.15, -0.1) is 24.0 Å². The number of imidazole rings is 1. The van der Waals surface area contributed by atoms with Crippen molar-refractivity contribution < 1.29 is 9.47 Å². The first-order valence-electron chi connectivity index (χ1n) is 10.5. The number of likely N-dealkylation sites (tertiary alicyclic amines) is 1. The van der Waals surface area contributed by atoms with Crippen LogP contribution in [0.4, 0.5) is 0 Å². The summed E-state index contributed by atoms with van der Waals surface area (Å²) in [6.45, 7) is 6.91. The van der Waals surface area contributed by atoms with Gasteiger partial charge in [0.05, 0.1) is 18.0 Å². The average Bonchev–Trinajstić information content (AvgIpc) is 3.24. The highest BCUT2D eigenvalue weighted by molar-refractivity contribution is 14.0. The predicted octanol–water partition coefficient (Wildman–Crippen LogP) is 3.68. The van der Waals surface area contributed by atoms with Crippen LogP contribution in [0.1, 0.15) is 32.0 Å². The Hall–Kier alpha value is -1.65. The van der Waals surface area contributed by atoms with E-state index in [4.69, 9.17) is 14.5 Å². The molecule has 1 saturated heterocycles. The first-order chi connectivity index (χ1) is 14.3. The van der Waals surface area contributed by atoms with E-state index in [1.165, 1.54) is 0 Å². The Morgan fingerprint density at radius 2 is 2.00 bits per heavy atom. The van der Waals surface area contributed by atoms with E-state index < -0.39 is 0 Å². The number of aromatic nitrogens is 2. The molecule has 1 aliphatic heterocycles. The van der Waals surface area contributed by atoms with E-state index in [9.17, 15) is 0 Å². The summed E-state index contributed by atoms with van der Waals surface area (Å²) in [5, 5.41) is 3.41. The Morgan fingerprint density at radius 1 is 1.23 bits per heavy atom. The Labute approximate surface area is 196 Å². The Morgan fingerprint density at radius 3 is 2.70 bits per heavy atom. The lowest BCUT2D eigenvalue weighted by atomic mass is 10.1. The first kappa shape index (κ1) is 24.6. The van der Waals surface area contributed by atoms with Crippen LogP contribution in [0.5, 0.6) is 0 Å². The lowest BCUT2D eigenvalue weighted by molar-refractivity contribution is 0.00990. The molecule has 0 unspecified atom stereocenters. The molecule has 1 aromatic carbocycles. The summed E-state index contributed by atoms with van der Waals surface area (Å²) < 4.78 is 11.0. The van der Waals surface area contributed by atoms with E-state index in [0.717, 1.165) is 75.2 Å². The number of guanidine groups is 1. The van der Waals surface area contributed by atoms with Crippen molar-refractivity contribution in [2.24, 2.45) is 4.99 Å². The van der Waals surface area contributed by atoms with E-state index in [1.54, 1.807) is 7.11 Å². The van der Waals surface area contributed by atoms with Gasteiger partial charge in [0.2, 0.25) is 0 Å². The van der Waals surface area contributed by atoms with Gasteiger partial charge in [0.25, 0.3) is 0 Å². The topological polar surface area (TPSA) is 74.8 Å². The number of ether oxygens (including phenoxy) is 2. The molecular formula is C22H34IN5O2. The number of methoxy groups -OCH3 is 1. The maximum absolute atomic E-state index is 5.97. The van der Waals surface area contributed by atoms with E-state index >= 15 is 0 Å². The molecule has 30 heavy (non-hydrogen) atoms. The third-order valence-electron chi connectivity index (χ3n) is 5.01. The van der Waals surface area contributed by atoms with Crippen LogP contribution in [-0.2, 0) is 16.0 Å². The van der Waals surface area contributed by atoms with E-state index in [2.05, 4.69) is 39.2 Å². The SMILES string of the molecule is CCNC(=NCc1ncc(-c2ccccc2)[nH]1)N1CCC(OCCCOC)CC1.I. The summed E-state index contributed by atoms with van der Waals surface area (Å²) in [4.78, 5) is 15.0. The minimum absolute atomic E-state index is 0. The standard InChI is InChI=1S/C22H33N5O2.HI/c1-3-23-22(27-12-10-19(11-13-27)29-15-7-14-28-2)25-17-21-24-16-20(26-21)18-8-5-4-6-9-18;/h4-6,8-9,16,19H,3,7,10-15,17H2,1-2H3,(H,23,25)(H,24,26);1H. The summed E-state index contributed by atoms with van der Waals surface area (Å²) in [6, 6.07) is 10.2. The molecule has 2 N–H and O–H groups in total. The van der Waals surface area contributed by atoms with Gasteiger partial charge in [0.1, 0.15) is 12.4 Å². The zero-order chi connectivity index (χ0) is 20.3. The smallest absolute Gasteiger partial charge is 0.194 e. The molecule has 0 bridgehead atoms. The van der Waals surface area contributed by atoms with Crippen LogP contribution in [0.15, 0.2) is 41.5 Å². The average molecular weight is 527 g/mol. The fraction of sp³-hybridized carbons (Fsp3) is 0.545. The third kappa shape index (κ3) is 7.55. The van der Waals surface area contributed by atoms with Gasteiger partial charge in [-0.1, -0.05) is 30.3 Å². The lowest BCUT2D eigenvalue weighted by Crippen LogP contribution is -2.47. The number of aromatic amines is 1. The fourth-order valence-corrected chi connectivity index (χ4v) is 3.47. The fourth-order valence-electron chi connectivity index (χ4n) is 3.47. The number of halogens is 1. The molecule has 1 fully saturated rings. The number of hydrogen-bond acceptors (Lipinski definition) is 4. The minimum atomic E-state index is 0. The van der Waals surface area contributed by atoms with E-state index in [-0.39, 0.29) is 24.0 Å². The monoisotopic (exact) mass is 527 g/mol. The van der Waals surface area contributed by atoms with E-state index in [0.29, 0.717) is 12.6 Å². The van der Waals surface area contributed by atoms with Gasteiger partial charge in [-0.2, -0.15) is 0 Å². The highest BCUT2D eigenvalue weighted by atomic mass is 127. The molecule has 0 amide bonds. The van der Waals surface area contributed by atoms with Gasteiger partial charge < -0.3 is 24.7 Å². The number of nitrogens with zero attached hydrogens (tertiary/aromatic N) is 3. The minimum Gasteiger partial charge on any atom is -0.385 e. The van der Waals surface area contributed by atoms with Crippen LogP contribution in [0.25, 0.3) is 11.3 Å². The van der Waals surface area contributed by atoms with Crippen molar-refractivity contribution in [3.63, 3.8) is 0 Å². The molecule has 0 atom stereocenters. The van der Waals surface area contributed by atoms with Crippen LogP contribution in [0.3, 0.4) is 0 Å². The molecule has 0 radical (unpaired) electrons. The van der Waals surface area contributed by atoms with Crippen molar-refractivity contribution in [1.29, 1.82) is 0 Å². The van der Waals surface area contributed by atoms with Crippen LogP contribution in [0.2, 0.25) is 0 Å². The largest absolute Gasteiger partial charge is 0.385 e. The molecule has 1 aromatic heterocycles. The summed E-state index contributed by atoms with van der Waals surface area (Å²) in [6.07, 6.45) is 5.21. The molecular weight excluding hydrogens is 493 g/mol. The molecule has 0 saturated carbocycles. The number of nitrogens with one attached hydrogen (secondary N) is 2. The highest BCUT2D eigenvalue weighted by Gasteiger charge is 2.21. The molecule has 0 aliphatic carbocycles. The second kappa shape index (κ2) is 13.6. The molecule has 3 rings (SSSR count). The van der Waals surface area contributed by atoms with Crippen molar-refractivity contribution in [3.8, 4) is 11.3 Å². The van der Waals surface area contributed by atoms with Gasteiger partial charge >= 0.3 is 0 Å². The highest BCUT2D eigenvalue weighted by Crippen LogP contribution is 2.17. The second-order valence-electron chi connectivity index (χ2n) is 7.18. The van der Waals surface area contributed by atoms with Crippen molar-refractivity contribution in [3.05, 3.63) is 42.4 Å². The van der Waals surface area contributed by atoms with Crippen molar-refractivity contribution in [2.45, 2.75) is 38.8 Å². The Balaban J connectivity index is 0.00000320. The van der Waals surface area contributed by atoms with Gasteiger partial charge in [-0.05, 0) is 31.7 Å². The zero-order valence-electron chi connectivity index (χ0n) is 18.0. The van der Waals surface area contributed by atoms with E-state index in [1.807, 2.05) is 24.4 Å². The maximum Gasteiger partial charge on any atom is 0.194 e. The Bertz CT molecular complexity index is 745. The van der Waals surface area contributed by atoms with Crippen LogP contribution in [-0.4, -0.2) is 66.9 Å². The second-order valence-corrected chi connectivity index (χ2v) is 7.18. The molecule has 7 nitrogen and oxygen atoms in total. The number of aliphatic imine (C=N–C) groups is 1. The summed E-state index contributed by atoms with van der Waals surface area (Å²) in [5.41, 5.74) is 2.15. The van der Waals surface area contributed by atoms with Gasteiger partial charge in [0.15, 0.2) is 5.96 Å². The van der Waals surface area contributed by atoms with Gasteiger partial charge in [0, 0.05) is 40.0 Å². The number of rotatable bonds is 9. The summed E-state index contributed by atoms with van der Waals surface area (Å²) in [5.74, 6) is 1.82. The van der Waals surface area contributed by atoms with Gasteiger partial charge in [-0.3, -0.25) is 0 Å². The molecule has 1 aliphatic rings. The Kier molecular flexibility index (Phi) is 11.2. The lowest BCUT2D eigenvalue weighted by Gasteiger charge is -2.34. The zero-order valence-corrected chi connectivity index (χ0v) is 20.3. The number of piperidine rings is 1.